The molecular weight excluding hydrogens is 450 g/mol. The van der Waals surface area contributed by atoms with Crippen LogP contribution in [-0.4, -0.2) is 30.3 Å². The van der Waals surface area contributed by atoms with E-state index in [9.17, 15) is 13.2 Å². The maximum absolute atomic E-state index is 12.5. The molecule has 1 aromatic heterocycles. The molecule has 2 aromatic carbocycles. The standard InChI is InChI=1S/C18H14BrN3O3S2/c19-13-6-8-14(9-7-13)20-16(23)12-26-17-10-11-18(22-21-17)27(24,25)15-4-2-1-3-5-15/h1-11H,12H2,(H,20,23). The summed E-state index contributed by atoms with van der Waals surface area (Å²) < 4.78 is 25.8. The van der Waals surface area contributed by atoms with E-state index in [1.807, 2.05) is 12.1 Å². The smallest absolute Gasteiger partial charge is 0.234 e. The molecule has 0 fully saturated rings. The summed E-state index contributed by atoms with van der Waals surface area (Å²) in [6.45, 7) is 0. The van der Waals surface area contributed by atoms with Gasteiger partial charge in [0, 0.05) is 10.2 Å². The Morgan fingerprint density at radius 2 is 1.67 bits per heavy atom. The van der Waals surface area contributed by atoms with Crippen molar-refractivity contribution in [1.82, 2.24) is 10.2 Å². The molecule has 0 bridgehead atoms. The number of rotatable bonds is 6. The van der Waals surface area contributed by atoms with E-state index in [0.29, 0.717) is 10.7 Å². The molecule has 1 heterocycles. The molecular formula is C18H14BrN3O3S2. The molecule has 0 aliphatic rings. The summed E-state index contributed by atoms with van der Waals surface area (Å²) in [7, 11) is -3.70. The first-order chi connectivity index (χ1) is 12.9. The highest BCUT2D eigenvalue weighted by molar-refractivity contribution is 9.10. The predicted octanol–water partition coefficient (Wildman–Crippen LogP) is 3.80. The van der Waals surface area contributed by atoms with Gasteiger partial charge in [-0.15, -0.1) is 10.2 Å². The Labute approximate surface area is 169 Å². The van der Waals surface area contributed by atoms with Gasteiger partial charge in [-0.3, -0.25) is 4.79 Å². The van der Waals surface area contributed by atoms with E-state index < -0.39 is 9.84 Å². The van der Waals surface area contributed by atoms with E-state index >= 15 is 0 Å². The number of nitrogens with zero attached hydrogens (tertiary/aromatic N) is 2. The van der Waals surface area contributed by atoms with Crippen LogP contribution in [0.25, 0.3) is 0 Å². The molecule has 0 saturated carbocycles. The van der Waals surface area contributed by atoms with Gasteiger partial charge in [-0.2, -0.15) is 0 Å². The summed E-state index contributed by atoms with van der Waals surface area (Å²) in [6.07, 6.45) is 0. The summed E-state index contributed by atoms with van der Waals surface area (Å²) in [5, 5.41) is 10.8. The molecule has 1 N–H and O–H groups in total. The van der Waals surface area contributed by atoms with Gasteiger partial charge < -0.3 is 5.32 Å². The topological polar surface area (TPSA) is 89.0 Å². The molecule has 0 spiro atoms. The number of halogens is 1. The van der Waals surface area contributed by atoms with Crippen LogP contribution in [0.2, 0.25) is 0 Å². The first-order valence-corrected chi connectivity index (χ1v) is 11.0. The number of hydrogen-bond acceptors (Lipinski definition) is 6. The lowest BCUT2D eigenvalue weighted by molar-refractivity contribution is -0.113. The van der Waals surface area contributed by atoms with E-state index in [4.69, 9.17) is 0 Å². The highest BCUT2D eigenvalue weighted by Crippen LogP contribution is 2.21. The fourth-order valence-corrected chi connectivity index (χ4v) is 4.15. The van der Waals surface area contributed by atoms with Crippen LogP contribution in [0.15, 0.2) is 86.2 Å². The second kappa shape index (κ2) is 8.64. The van der Waals surface area contributed by atoms with Gasteiger partial charge in [-0.05, 0) is 48.5 Å². The van der Waals surface area contributed by atoms with Gasteiger partial charge in [-0.25, -0.2) is 8.42 Å². The third-order valence-electron chi connectivity index (χ3n) is 3.42. The molecule has 3 rings (SSSR count). The number of amides is 1. The zero-order valence-electron chi connectivity index (χ0n) is 13.9. The molecule has 138 valence electrons. The maximum Gasteiger partial charge on any atom is 0.234 e. The average Bonchev–Trinajstić information content (AvgIpc) is 2.69. The summed E-state index contributed by atoms with van der Waals surface area (Å²) in [6, 6.07) is 18.2. The number of carbonyl (C=O) groups is 1. The van der Waals surface area contributed by atoms with E-state index in [1.54, 1.807) is 36.4 Å². The van der Waals surface area contributed by atoms with Gasteiger partial charge in [0.15, 0.2) is 5.03 Å². The van der Waals surface area contributed by atoms with Crippen LogP contribution < -0.4 is 5.32 Å². The normalized spacial score (nSPS) is 11.1. The summed E-state index contributed by atoms with van der Waals surface area (Å²) >= 11 is 4.51. The molecule has 1 amide bonds. The predicted molar refractivity (Wildman–Crippen MR) is 107 cm³/mol. The third kappa shape index (κ3) is 5.15. The largest absolute Gasteiger partial charge is 0.325 e. The van der Waals surface area contributed by atoms with Gasteiger partial charge in [0.25, 0.3) is 0 Å². The maximum atomic E-state index is 12.5. The quantitative estimate of drug-likeness (QED) is 0.559. The molecule has 0 aliphatic heterocycles. The van der Waals surface area contributed by atoms with E-state index in [-0.39, 0.29) is 21.6 Å². The second-order valence-electron chi connectivity index (χ2n) is 5.37. The Morgan fingerprint density at radius 1 is 0.963 bits per heavy atom. The molecule has 0 radical (unpaired) electrons. The Balaban J connectivity index is 1.61. The number of anilines is 1. The van der Waals surface area contributed by atoms with Crippen LogP contribution in [0, 0.1) is 0 Å². The highest BCUT2D eigenvalue weighted by atomic mass is 79.9. The highest BCUT2D eigenvalue weighted by Gasteiger charge is 2.19. The van der Waals surface area contributed by atoms with E-state index in [0.717, 1.165) is 4.47 Å². The molecule has 0 unspecified atom stereocenters. The van der Waals surface area contributed by atoms with E-state index in [1.165, 1.54) is 30.0 Å². The number of carbonyl (C=O) groups excluding carboxylic acids is 1. The average molecular weight is 464 g/mol. The van der Waals surface area contributed by atoms with Crippen LogP contribution in [0.1, 0.15) is 0 Å². The molecule has 6 nitrogen and oxygen atoms in total. The number of hydrogen-bond donors (Lipinski definition) is 1. The summed E-state index contributed by atoms with van der Waals surface area (Å²) in [5.74, 6) is -0.0553. The Bertz CT molecular complexity index is 1030. The lowest BCUT2D eigenvalue weighted by Gasteiger charge is -2.06. The van der Waals surface area contributed by atoms with Crippen molar-refractivity contribution in [3.63, 3.8) is 0 Å². The van der Waals surface area contributed by atoms with Crippen molar-refractivity contribution < 1.29 is 13.2 Å². The van der Waals surface area contributed by atoms with Crippen LogP contribution in [0.5, 0.6) is 0 Å². The zero-order chi connectivity index (χ0) is 19.3. The Hall–Kier alpha value is -2.23. The minimum atomic E-state index is -3.70. The lowest BCUT2D eigenvalue weighted by atomic mass is 10.3. The van der Waals surface area contributed by atoms with Gasteiger partial charge >= 0.3 is 0 Å². The molecule has 0 atom stereocenters. The minimum absolute atomic E-state index is 0.127. The minimum Gasteiger partial charge on any atom is -0.325 e. The molecule has 0 aliphatic carbocycles. The number of sulfone groups is 1. The molecule has 27 heavy (non-hydrogen) atoms. The molecule has 9 heteroatoms. The zero-order valence-corrected chi connectivity index (χ0v) is 17.1. The first kappa shape index (κ1) is 19.5. The van der Waals surface area contributed by atoms with Gasteiger partial charge in [0.1, 0.15) is 5.03 Å². The second-order valence-corrected chi connectivity index (χ2v) is 9.18. The number of thioether (sulfide) groups is 1. The van der Waals surface area contributed by atoms with Gasteiger partial charge in [0.05, 0.1) is 10.6 Å². The summed E-state index contributed by atoms with van der Waals surface area (Å²) in [4.78, 5) is 12.2. The van der Waals surface area contributed by atoms with Crippen molar-refractivity contribution >= 4 is 49.1 Å². The van der Waals surface area contributed by atoms with Crippen molar-refractivity contribution in [2.45, 2.75) is 14.9 Å². The lowest BCUT2D eigenvalue weighted by Crippen LogP contribution is -2.14. The van der Waals surface area contributed by atoms with Crippen LogP contribution in [-0.2, 0) is 14.6 Å². The Kier molecular flexibility index (Phi) is 6.25. The fourth-order valence-electron chi connectivity index (χ4n) is 2.12. The molecule has 0 saturated heterocycles. The van der Waals surface area contributed by atoms with Crippen molar-refractivity contribution in [1.29, 1.82) is 0 Å². The SMILES string of the molecule is O=C(CSc1ccc(S(=O)(=O)c2ccccc2)nn1)Nc1ccc(Br)cc1. The van der Waals surface area contributed by atoms with E-state index in [2.05, 4.69) is 31.4 Å². The van der Waals surface area contributed by atoms with Gasteiger partial charge in [0.2, 0.25) is 15.7 Å². The third-order valence-corrected chi connectivity index (χ3v) is 6.53. The van der Waals surface area contributed by atoms with Crippen molar-refractivity contribution in [3.05, 3.63) is 71.2 Å². The van der Waals surface area contributed by atoms with Crippen LogP contribution in [0.4, 0.5) is 5.69 Å². The number of aromatic nitrogens is 2. The number of nitrogens with one attached hydrogen (secondary N) is 1. The first-order valence-electron chi connectivity index (χ1n) is 7.77. The number of benzene rings is 2. The Morgan fingerprint density at radius 3 is 2.30 bits per heavy atom. The van der Waals surface area contributed by atoms with Crippen molar-refractivity contribution in [3.8, 4) is 0 Å². The monoisotopic (exact) mass is 463 g/mol. The van der Waals surface area contributed by atoms with Crippen LogP contribution in [0.3, 0.4) is 0 Å². The van der Waals surface area contributed by atoms with Gasteiger partial charge in [-0.1, -0.05) is 45.9 Å². The van der Waals surface area contributed by atoms with Crippen LogP contribution >= 0.6 is 27.7 Å². The molecule has 3 aromatic rings. The summed E-state index contributed by atoms with van der Waals surface area (Å²) in [5.41, 5.74) is 0.694. The van der Waals surface area contributed by atoms with Crippen molar-refractivity contribution in [2.24, 2.45) is 0 Å². The van der Waals surface area contributed by atoms with Crippen molar-refractivity contribution in [2.75, 3.05) is 11.1 Å². The fraction of sp³-hybridized carbons (Fsp3) is 0.0556.